The van der Waals surface area contributed by atoms with Gasteiger partial charge in [-0.25, -0.2) is 4.79 Å². The number of aliphatic carboxylic acids is 1. The number of hydrogen-bond acceptors (Lipinski definition) is 3. The zero-order valence-electron chi connectivity index (χ0n) is 9.11. The van der Waals surface area contributed by atoms with Gasteiger partial charge in [-0.15, -0.1) is 0 Å². The van der Waals surface area contributed by atoms with Gasteiger partial charge in [-0.1, -0.05) is 17.2 Å². The Morgan fingerprint density at radius 2 is 1.56 bits per heavy atom. The van der Waals surface area contributed by atoms with Crippen molar-refractivity contribution in [3.05, 3.63) is 34.9 Å². The second-order valence-corrected chi connectivity index (χ2v) is 3.70. The van der Waals surface area contributed by atoms with Gasteiger partial charge in [0.25, 0.3) is 0 Å². The van der Waals surface area contributed by atoms with Crippen molar-refractivity contribution in [1.29, 1.82) is 0 Å². The van der Waals surface area contributed by atoms with E-state index in [1.54, 1.807) is 12.1 Å². The van der Waals surface area contributed by atoms with Crippen LogP contribution in [-0.2, 0) is 9.59 Å². The molecule has 1 rings (SSSR count). The average molecular weight is 220 g/mol. The van der Waals surface area contributed by atoms with E-state index in [1.807, 2.05) is 19.9 Å². The van der Waals surface area contributed by atoms with Crippen molar-refractivity contribution < 1.29 is 19.5 Å². The Morgan fingerprint density at radius 1 is 1.06 bits per heavy atom. The second-order valence-electron chi connectivity index (χ2n) is 3.70. The average Bonchev–Trinajstić information content (AvgIpc) is 2.15. The van der Waals surface area contributed by atoms with Crippen LogP contribution in [0.2, 0.25) is 0 Å². The van der Waals surface area contributed by atoms with E-state index in [0.29, 0.717) is 5.56 Å². The lowest BCUT2D eigenvalue weighted by atomic mass is 10.0. The van der Waals surface area contributed by atoms with Crippen molar-refractivity contribution in [3.8, 4) is 0 Å². The molecule has 0 bridgehead atoms. The fraction of sp³-hybridized carbons (Fsp3) is 0.250. The fourth-order valence-electron chi connectivity index (χ4n) is 1.46. The summed E-state index contributed by atoms with van der Waals surface area (Å²) in [6.45, 7) is 3.67. The molecule has 4 nitrogen and oxygen atoms in total. The first-order chi connectivity index (χ1) is 7.40. The maximum atomic E-state index is 11.6. The molecule has 16 heavy (non-hydrogen) atoms. The van der Waals surface area contributed by atoms with Crippen LogP contribution in [0.3, 0.4) is 0 Å². The Bertz CT molecular complexity index is 440. The highest BCUT2D eigenvalue weighted by molar-refractivity contribution is 6.37. The highest BCUT2D eigenvalue weighted by Crippen LogP contribution is 2.11. The summed E-state index contributed by atoms with van der Waals surface area (Å²) >= 11 is 0. The monoisotopic (exact) mass is 220 g/mol. The third-order valence-electron chi connectivity index (χ3n) is 2.10. The van der Waals surface area contributed by atoms with Gasteiger partial charge in [0.1, 0.15) is 0 Å². The maximum absolute atomic E-state index is 11.6. The van der Waals surface area contributed by atoms with Gasteiger partial charge in [0.15, 0.2) is 5.78 Å². The molecule has 1 N–H and O–H groups in total. The molecular formula is C12H12O4. The minimum Gasteiger partial charge on any atom is -0.475 e. The molecule has 0 atom stereocenters. The molecule has 0 unspecified atom stereocenters. The van der Waals surface area contributed by atoms with Crippen molar-refractivity contribution >= 4 is 17.5 Å². The van der Waals surface area contributed by atoms with Crippen molar-refractivity contribution in [1.82, 2.24) is 0 Å². The summed E-state index contributed by atoms with van der Waals surface area (Å²) in [7, 11) is 0. The molecule has 0 aliphatic heterocycles. The van der Waals surface area contributed by atoms with Gasteiger partial charge < -0.3 is 5.11 Å². The van der Waals surface area contributed by atoms with Gasteiger partial charge in [0, 0.05) is 5.56 Å². The molecule has 84 valence electrons. The maximum Gasteiger partial charge on any atom is 0.372 e. The number of carboxylic acids is 1. The Labute approximate surface area is 92.9 Å². The number of carbonyl (C=O) groups is 3. The second kappa shape index (κ2) is 4.70. The van der Waals surface area contributed by atoms with E-state index in [0.717, 1.165) is 11.1 Å². The van der Waals surface area contributed by atoms with E-state index in [4.69, 9.17) is 5.11 Å². The summed E-state index contributed by atoms with van der Waals surface area (Å²) in [5.74, 6) is -3.11. The first-order valence-corrected chi connectivity index (χ1v) is 4.78. The Hall–Kier alpha value is -1.97. The van der Waals surface area contributed by atoms with Crippen molar-refractivity contribution in [2.75, 3.05) is 0 Å². The molecule has 4 heteroatoms. The van der Waals surface area contributed by atoms with Gasteiger partial charge in [-0.05, 0) is 26.0 Å². The molecule has 0 heterocycles. The van der Waals surface area contributed by atoms with Gasteiger partial charge in [-0.2, -0.15) is 0 Å². The van der Waals surface area contributed by atoms with Crippen LogP contribution in [0.1, 0.15) is 27.9 Å². The molecule has 0 saturated heterocycles. The lowest BCUT2D eigenvalue weighted by Crippen LogP contribution is -2.17. The molecule has 1 aromatic carbocycles. The van der Waals surface area contributed by atoms with E-state index < -0.39 is 24.0 Å². The molecule has 0 aliphatic rings. The lowest BCUT2D eigenvalue weighted by molar-refractivity contribution is -0.148. The highest BCUT2D eigenvalue weighted by atomic mass is 16.4. The molecular weight excluding hydrogens is 208 g/mol. The predicted molar refractivity (Wildman–Crippen MR) is 57.5 cm³/mol. The summed E-state index contributed by atoms with van der Waals surface area (Å²) in [4.78, 5) is 32.8. The third kappa shape index (κ3) is 3.02. The van der Waals surface area contributed by atoms with E-state index in [-0.39, 0.29) is 0 Å². The smallest absolute Gasteiger partial charge is 0.372 e. The van der Waals surface area contributed by atoms with Crippen molar-refractivity contribution in [2.24, 2.45) is 0 Å². The van der Waals surface area contributed by atoms with Crippen molar-refractivity contribution in [3.63, 3.8) is 0 Å². The van der Waals surface area contributed by atoms with Crippen LogP contribution in [-0.4, -0.2) is 22.6 Å². The Morgan fingerprint density at radius 3 is 2.00 bits per heavy atom. The Balaban J connectivity index is 2.89. The number of hydrogen-bond donors (Lipinski definition) is 1. The predicted octanol–water partition coefficient (Wildman–Crippen LogP) is 1.53. The lowest BCUT2D eigenvalue weighted by Gasteiger charge is -2.02. The van der Waals surface area contributed by atoms with E-state index in [2.05, 4.69) is 0 Å². The van der Waals surface area contributed by atoms with Crippen molar-refractivity contribution in [2.45, 2.75) is 20.3 Å². The largest absolute Gasteiger partial charge is 0.475 e. The molecule has 0 fully saturated rings. The van der Waals surface area contributed by atoms with Crippen LogP contribution < -0.4 is 0 Å². The molecule has 0 saturated carbocycles. The quantitative estimate of drug-likeness (QED) is 0.474. The molecule has 0 aliphatic carbocycles. The summed E-state index contributed by atoms with van der Waals surface area (Å²) in [6, 6.07) is 5.19. The van der Waals surface area contributed by atoms with Crippen LogP contribution >= 0.6 is 0 Å². The summed E-state index contributed by atoms with van der Waals surface area (Å²) in [6.07, 6.45) is -0.585. The summed E-state index contributed by atoms with van der Waals surface area (Å²) in [5.41, 5.74) is 2.20. The first kappa shape index (κ1) is 12.1. The topological polar surface area (TPSA) is 71.4 Å². The van der Waals surface area contributed by atoms with E-state index >= 15 is 0 Å². The normalized spacial score (nSPS) is 9.88. The van der Waals surface area contributed by atoms with Crippen LogP contribution in [0.15, 0.2) is 18.2 Å². The molecule has 0 aromatic heterocycles. The van der Waals surface area contributed by atoms with Gasteiger partial charge in [0.05, 0.1) is 6.42 Å². The van der Waals surface area contributed by atoms with E-state index in [9.17, 15) is 14.4 Å². The van der Waals surface area contributed by atoms with Crippen LogP contribution in [0.25, 0.3) is 0 Å². The van der Waals surface area contributed by atoms with Crippen LogP contribution in [0.4, 0.5) is 0 Å². The Kier molecular flexibility index (Phi) is 3.55. The molecule has 1 aromatic rings. The van der Waals surface area contributed by atoms with Crippen LogP contribution in [0.5, 0.6) is 0 Å². The molecule has 0 radical (unpaired) electrons. The number of carbonyl (C=O) groups excluding carboxylic acids is 2. The number of Topliss-reactive ketones (excluding diaryl/α,β-unsaturated/α-hetero) is 2. The SMILES string of the molecule is Cc1cc(C)cc(C(=O)CC(=O)C(=O)O)c1. The van der Waals surface area contributed by atoms with Gasteiger partial charge >= 0.3 is 5.97 Å². The molecule has 0 spiro atoms. The zero-order chi connectivity index (χ0) is 12.3. The van der Waals surface area contributed by atoms with Gasteiger partial charge in [-0.3, -0.25) is 9.59 Å². The number of benzene rings is 1. The molecule has 0 amide bonds. The third-order valence-corrected chi connectivity index (χ3v) is 2.10. The minimum absolute atomic E-state index is 0.382. The standard InChI is InChI=1S/C12H12O4/c1-7-3-8(2)5-9(4-7)10(13)6-11(14)12(15)16/h3-5H,6H2,1-2H3,(H,15,16). The zero-order valence-corrected chi connectivity index (χ0v) is 9.11. The number of aryl methyl sites for hydroxylation is 2. The summed E-state index contributed by atoms with van der Waals surface area (Å²) < 4.78 is 0. The highest BCUT2D eigenvalue weighted by Gasteiger charge is 2.17. The number of carboxylic acid groups (broad SMARTS) is 1. The number of rotatable bonds is 4. The minimum atomic E-state index is -1.57. The van der Waals surface area contributed by atoms with E-state index in [1.165, 1.54) is 0 Å². The number of ketones is 2. The summed E-state index contributed by atoms with van der Waals surface area (Å²) in [5, 5.41) is 8.39. The van der Waals surface area contributed by atoms with Crippen LogP contribution in [0, 0.1) is 13.8 Å². The first-order valence-electron chi connectivity index (χ1n) is 4.78. The van der Waals surface area contributed by atoms with Gasteiger partial charge in [0.2, 0.25) is 5.78 Å². The fourth-order valence-corrected chi connectivity index (χ4v) is 1.46.